The molecule has 1 fully saturated rings. The zero-order chi connectivity index (χ0) is 14.7. The fraction of sp³-hybridized carbons (Fsp3) is 0.429. The standard InChI is InChI=1S/C14H17FN2O3/c1-9-4-2-3-7-17(9)14(20)16-12-8-10(13(18)19)5-6-11(12)15/h5-6,8-9H,2-4,7H2,1H3,(H,16,20)(H,18,19). The van der Waals surface area contributed by atoms with Crippen LogP contribution in [0, 0.1) is 5.82 Å². The Labute approximate surface area is 116 Å². The summed E-state index contributed by atoms with van der Waals surface area (Å²) in [5.74, 6) is -1.81. The van der Waals surface area contributed by atoms with E-state index in [0.717, 1.165) is 37.5 Å². The van der Waals surface area contributed by atoms with E-state index in [1.165, 1.54) is 0 Å². The molecule has 1 saturated heterocycles. The fourth-order valence-electron chi connectivity index (χ4n) is 2.34. The first-order valence-corrected chi connectivity index (χ1v) is 6.59. The summed E-state index contributed by atoms with van der Waals surface area (Å²) in [4.78, 5) is 24.6. The van der Waals surface area contributed by atoms with Crippen LogP contribution in [0.5, 0.6) is 0 Å². The van der Waals surface area contributed by atoms with E-state index in [2.05, 4.69) is 5.32 Å². The molecule has 2 rings (SSSR count). The van der Waals surface area contributed by atoms with Gasteiger partial charge in [-0.3, -0.25) is 0 Å². The van der Waals surface area contributed by atoms with Crippen LogP contribution in [0.4, 0.5) is 14.9 Å². The third-order valence-electron chi connectivity index (χ3n) is 3.52. The summed E-state index contributed by atoms with van der Waals surface area (Å²) in [7, 11) is 0. The quantitative estimate of drug-likeness (QED) is 0.875. The Morgan fingerprint density at radius 1 is 1.40 bits per heavy atom. The number of rotatable bonds is 2. The van der Waals surface area contributed by atoms with Crippen LogP contribution in [0.15, 0.2) is 18.2 Å². The number of amides is 2. The molecule has 0 spiro atoms. The van der Waals surface area contributed by atoms with Gasteiger partial charge in [-0.25, -0.2) is 14.0 Å². The highest BCUT2D eigenvalue weighted by Crippen LogP contribution is 2.20. The maximum Gasteiger partial charge on any atom is 0.335 e. The number of piperidine rings is 1. The Morgan fingerprint density at radius 2 is 2.15 bits per heavy atom. The molecule has 1 atom stereocenters. The van der Waals surface area contributed by atoms with Gasteiger partial charge in [0, 0.05) is 12.6 Å². The number of hydrogen-bond acceptors (Lipinski definition) is 2. The van der Waals surface area contributed by atoms with E-state index in [1.807, 2.05) is 6.92 Å². The van der Waals surface area contributed by atoms with Gasteiger partial charge in [0.15, 0.2) is 0 Å². The lowest BCUT2D eigenvalue weighted by Gasteiger charge is -2.33. The van der Waals surface area contributed by atoms with Gasteiger partial charge in [-0.1, -0.05) is 0 Å². The van der Waals surface area contributed by atoms with Crippen molar-refractivity contribution >= 4 is 17.7 Å². The molecule has 2 amide bonds. The molecule has 5 nitrogen and oxygen atoms in total. The van der Waals surface area contributed by atoms with E-state index in [4.69, 9.17) is 5.11 Å². The van der Waals surface area contributed by atoms with E-state index in [1.54, 1.807) is 4.90 Å². The van der Waals surface area contributed by atoms with Gasteiger partial charge in [-0.05, 0) is 44.4 Å². The summed E-state index contributed by atoms with van der Waals surface area (Å²) in [6.07, 6.45) is 2.92. The summed E-state index contributed by atoms with van der Waals surface area (Å²) < 4.78 is 13.6. The van der Waals surface area contributed by atoms with Gasteiger partial charge in [-0.15, -0.1) is 0 Å². The van der Waals surface area contributed by atoms with Crippen LogP contribution in [-0.4, -0.2) is 34.6 Å². The molecule has 6 heteroatoms. The predicted octanol–water partition coefficient (Wildman–Crippen LogP) is 2.93. The molecule has 1 aliphatic rings. The van der Waals surface area contributed by atoms with Gasteiger partial charge in [0.1, 0.15) is 5.82 Å². The van der Waals surface area contributed by atoms with Gasteiger partial charge >= 0.3 is 12.0 Å². The number of halogens is 1. The van der Waals surface area contributed by atoms with Crippen LogP contribution in [0.3, 0.4) is 0 Å². The lowest BCUT2D eigenvalue weighted by molar-refractivity contribution is 0.0697. The SMILES string of the molecule is CC1CCCCN1C(=O)Nc1cc(C(=O)O)ccc1F. The van der Waals surface area contributed by atoms with Gasteiger partial charge in [0.25, 0.3) is 0 Å². The molecule has 0 aliphatic carbocycles. The van der Waals surface area contributed by atoms with Gasteiger partial charge in [0.2, 0.25) is 0 Å². The molecule has 1 aromatic carbocycles. The monoisotopic (exact) mass is 280 g/mol. The molecule has 0 radical (unpaired) electrons. The minimum absolute atomic E-state index is 0.0617. The number of urea groups is 1. The smallest absolute Gasteiger partial charge is 0.335 e. The molecular weight excluding hydrogens is 263 g/mol. The number of benzene rings is 1. The minimum Gasteiger partial charge on any atom is -0.478 e. The lowest BCUT2D eigenvalue weighted by atomic mass is 10.0. The van der Waals surface area contributed by atoms with Crippen molar-refractivity contribution in [2.75, 3.05) is 11.9 Å². The largest absolute Gasteiger partial charge is 0.478 e. The zero-order valence-corrected chi connectivity index (χ0v) is 11.2. The Bertz CT molecular complexity index is 533. The van der Waals surface area contributed by atoms with E-state index in [0.29, 0.717) is 6.54 Å². The summed E-state index contributed by atoms with van der Waals surface area (Å²) in [5, 5.41) is 11.3. The highest BCUT2D eigenvalue weighted by atomic mass is 19.1. The Hall–Kier alpha value is -2.11. The number of carbonyl (C=O) groups is 2. The summed E-state index contributed by atoms with van der Waals surface area (Å²) in [5.41, 5.74) is -0.166. The predicted molar refractivity (Wildman–Crippen MR) is 72.4 cm³/mol. The van der Waals surface area contributed by atoms with Crippen LogP contribution < -0.4 is 5.32 Å². The second-order valence-electron chi connectivity index (χ2n) is 4.97. The van der Waals surface area contributed by atoms with Crippen molar-refractivity contribution in [3.05, 3.63) is 29.6 Å². The summed E-state index contributed by atoms with van der Waals surface area (Å²) in [6.45, 7) is 2.58. The van der Waals surface area contributed by atoms with Crippen molar-refractivity contribution in [3.63, 3.8) is 0 Å². The van der Waals surface area contributed by atoms with Crippen LogP contribution in [0.25, 0.3) is 0 Å². The van der Waals surface area contributed by atoms with Crippen molar-refractivity contribution in [2.45, 2.75) is 32.2 Å². The highest BCUT2D eigenvalue weighted by molar-refractivity contribution is 5.93. The van der Waals surface area contributed by atoms with Gasteiger partial charge in [-0.2, -0.15) is 0 Å². The first kappa shape index (κ1) is 14.3. The fourth-order valence-corrected chi connectivity index (χ4v) is 2.34. The van der Waals surface area contributed by atoms with Gasteiger partial charge < -0.3 is 15.3 Å². The number of likely N-dealkylation sites (tertiary alicyclic amines) is 1. The molecule has 0 saturated carbocycles. The van der Waals surface area contributed by atoms with Crippen molar-refractivity contribution in [3.8, 4) is 0 Å². The Balaban J connectivity index is 2.14. The molecule has 0 aromatic heterocycles. The number of carboxylic acids is 1. The molecular formula is C14H17FN2O3. The number of carboxylic acid groups (broad SMARTS) is 1. The number of nitrogens with one attached hydrogen (secondary N) is 1. The van der Waals surface area contributed by atoms with Crippen LogP contribution in [0.2, 0.25) is 0 Å². The zero-order valence-electron chi connectivity index (χ0n) is 11.2. The number of nitrogens with zero attached hydrogens (tertiary/aromatic N) is 1. The van der Waals surface area contributed by atoms with Crippen molar-refractivity contribution in [1.29, 1.82) is 0 Å². The molecule has 1 aliphatic heterocycles. The molecule has 108 valence electrons. The molecule has 1 aromatic rings. The average Bonchev–Trinajstić information content (AvgIpc) is 2.41. The molecule has 2 N–H and O–H groups in total. The third kappa shape index (κ3) is 3.07. The van der Waals surface area contributed by atoms with Crippen LogP contribution in [-0.2, 0) is 0 Å². The maximum absolute atomic E-state index is 13.6. The van der Waals surface area contributed by atoms with E-state index >= 15 is 0 Å². The molecule has 1 heterocycles. The van der Waals surface area contributed by atoms with Gasteiger partial charge in [0.05, 0.1) is 11.3 Å². The molecule has 0 bridgehead atoms. The third-order valence-corrected chi connectivity index (χ3v) is 3.52. The topological polar surface area (TPSA) is 69.6 Å². The number of carbonyl (C=O) groups excluding carboxylic acids is 1. The Morgan fingerprint density at radius 3 is 2.80 bits per heavy atom. The Kier molecular flexibility index (Phi) is 4.22. The van der Waals surface area contributed by atoms with E-state index < -0.39 is 17.8 Å². The summed E-state index contributed by atoms with van der Waals surface area (Å²) >= 11 is 0. The number of aromatic carboxylic acids is 1. The normalized spacial score (nSPS) is 18.7. The second-order valence-corrected chi connectivity index (χ2v) is 4.97. The lowest BCUT2D eigenvalue weighted by Crippen LogP contribution is -2.44. The maximum atomic E-state index is 13.6. The first-order chi connectivity index (χ1) is 9.49. The highest BCUT2D eigenvalue weighted by Gasteiger charge is 2.24. The number of anilines is 1. The summed E-state index contributed by atoms with van der Waals surface area (Å²) in [6, 6.07) is 3.05. The van der Waals surface area contributed by atoms with E-state index in [-0.39, 0.29) is 17.3 Å². The first-order valence-electron chi connectivity index (χ1n) is 6.59. The van der Waals surface area contributed by atoms with Crippen molar-refractivity contribution in [2.24, 2.45) is 0 Å². The minimum atomic E-state index is -1.16. The van der Waals surface area contributed by atoms with E-state index in [9.17, 15) is 14.0 Å². The molecule has 20 heavy (non-hydrogen) atoms. The van der Waals surface area contributed by atoms with Crippen LogP contribution >= 0.6 is 0 Å². The average molecular weight is 280 g/mol. The number of hydrogen-bond donors (Lipinski definition) is 2. The van der Waals surface area contributed by atoms with Crippen LogP contribution in [0.1, 0.15) is 36.5 Å². The van der Waals surface area contributed by atoms with Crippen molar-refractivity contribution in [1.82, 2.24) is 4.90 Å². The molecule has 1 unspecified atom stereocenters. The van der Waals surface area contributed by atoms with Crippen molar-refractivity contribution < 1.29 is 19.1 Å². The second kappa shape index (κ2) is 5.90.